The van der Waals surface area contributed by atoms with Crippen LogP contribution >= 0.6 is 15.9 Å². The molecule has 0 fully saturated rings. The van der Waals surface area contributed by atoms with Crippen molar-refractivity contribution in [2.45, 2.75) is 25.7 Å². The predicted octanol–water partition coefficient (Wildman–Crippen LogP) is 3.33. The molecule has 1 atom stereocenters. The molecule has 1 rings (SSSR count). The van der Waals surface area contributed by atoms with E-state index in [2.05, 4.69) is 15.9 Å². The summed E-state index contributed by atoms with van der Waals surface area (Å²) in [6.07, 6.45) is 1.03. The standard InChI is InChI=1S/C11H12BrNO4/c1-2-3-8(11(14)15)9-6-7(12)4-5-10(9)13(16)17/h4-6,8H,2-3H2,1H3,(H,14,15). The van der Waals surface area contributed by atoms with Crippen LogP contribution in [0.3, 0.4) is 0 Å². The van der Waals surface area contributed by atoms with Crippen LogP contribution in [0.2, 0.25) is 0 Å². The molecule has 0 bridgehead atoms. The molecule has 0 aliphatic heterocycles. The van der Waals surface area contributed by atoms with E-state index in [0.717, 1.165) is 0 Å². The molecule has 1 aromatic rings. The average molecular weight is 302 g/mol. The molecule has 6 heteroatoms. The molecular weight excluding hydrogens is 290 g/mol. The average Bonchev–Trinajstić information content (AvgIpc) is 2.24. The summed E-state index contributed by atoms with van der Waals surface area (Å²) in [6, 6.07) is 4.37. The summed E-state index contributed by atoms with van der Waals surface area (Å²) in [5.74, 6) is -1.87. The maximum absolute atomic E-state index is 11.1. The van der Waals surface area contributed by atoms with Crippen molar-refractivity contribution in [1.82, 2.24) is 0 Å². The highest BCUT2D eigenvalue weighted by Crippen LogP contribution is 2.32. The van der Waals surface area contributed by atoms with Gasteiger partial charge in [-0.2, -0.15) is 0 Å². The largest absolute Gasteiger partial charge is 0.481 e. The van der Waals surface area contributed by atoms with Crippen molar-refractivity contribution < 1.29 is 14.8 Å². The molecule has 0 radical (unpaired) electrons. The van der Waals surface area contributed by atoms with Gasteiger partial charge in [-0.15, -0.1) is 0 Å². The molecule has 0 saturated carbocycles. The number of carbonyl (C=O) groups is 1. The number of hydrogen-bond donors (Lipinski definition) is 1. The number of halogens is 1. The van der Waals surface area contributed by atoms with Gasteiger partial charge in [0.15, 0.2) is 0 Å². The van der Waals surface area contributed by atoms with Gasteiger partial charge in [0.05, 0.1) is 10.8 Å². The van der Waals surface area contributed by atoms with Crippen LogP contribution in [0.5, 0.6) is 0 Å². The summed E-state index contributed by atoms with van der Waals surface area (Å²) in [5, 5.41) is 20.0. The third-order valence-electron chi connectivity index (χ3n) is 2.44. The highest BCUT2D eigenvalue weighted by atomic mass is 79.9. The van der Waals surface area contributed by atoms with Gasteiger partial charge in [-0.05, 0) is 18.6 Å². The number of nitrogens with zero attached hydrogens (tertiary/aromatic N) is 1. The van der Waals surface area contributed by atoms with Crippen LogP contribution in [-0.4, -0.2) is 16.0 Å². The minimum atomic E-state index is -1.03. The molecule has 1 N–H and O–H groups in total. The number of benzene rings is 1. The van der Waals surface area contributed by atoms with Gasteiger partial charge in [-0.25, -0.2) is 0 Å². The van der Waals surface area contributed by atoms with Crippen LogP contribution in [0.4, 0.5) is 5.69 Å². The lowest BCUT2D eigenvalue weighted by Gasteiger charge is -2.12. The Kier molecular flexibility index (Phi) is 4.62. The van der Waals surface area contributed by atoms with E-state index in [1.54, 1.807) is 0 Å². The fourth-order valence-electron chi connectivity index (χ4n) is 1.67. The van der Waals surface area contributed by atoms with E-state index in [1.165, 1.54) is 18.2 Å². The van der Waals surface area contributed by atoms with Crippen molar-refractivity contribution in [3.8, 4) is 0 Å². The fraction of sp³-hybridized carbons (Fsp3) is 0.364. The molecular formula is C11H12BrNO4. The van der Waals surface area contributed by atoms with E-state index in [9.17, 15) is 14.9 Å². The third-order valence-corrected chi connectivity index (χ3v) is 2.93. The first kappa shape index (κ1) is 13.6. The van der Waals surface area contributed by atoms with E-state index in [4.69, 9.17) is 5.11 Å². The Balaban J connectivity index is 3.29. The normalized spacial score (nSPS) is 12.1. The molecule has 0 saturated heterocycles. The second kappa shape index (κ2) is 5.77. The lowest BCUT2D eigenvalue weighted by atomic mass is 9.93. The third kappa shape index (κ3) is 3.26. The smallest absolute Gasteiger partial charge is 0.311 e. The van der Waals surface area contributed by atoms with Gasteiger partial charge in [-0.3, -0.25) is 14.9 Å². The molecule has 0 amide bonds. The van der Waals surface area contributed by atoms with E-state index in [-0.39, 0.29) is 11.3 Å². The molecule has 1 aromatic carbocycles. The first-order chi connectivity index (χ1) is 7.97. The van der Waals surface area contributed by atoms with Gasteiger partial charge in [0, 0.05) is 16.1 Å². The molecule has 0 aliphatic rings. The predicted molar refractivity (Wildman–Crippen MR) is 66.1 cm³/mol. The number of aliphatic carboxylic acids is 1. The molecule has 0 spiro atoms. The molecule has 1 unspecified atom stereocenters. The summed E-state index contributed by atoms with van der Waals surface area (Å²) in [4.78, 5) is 21.5. The van der Waals surface area contributed by atoms with E-state index in [0.29, 0.717) is 17.3 Å². The number of hydrogen-bond acceptors (Lipinski definition) is 3. The van der Waals surface area contributed by atoms with E-state index in [1.807, 2.05) is 6.92 Å². The summed E-state index contributed by atoms with van der Waals surface area (Å²) < 4.78 is 0.639. The zero-order valence-electron chi connectivity index (χ0n) is 9.22. The molecule has 0 heterocycles. The summed E-state index contributed by atoms with van der Waals surface area (Å²) in [7, 11) is 0. The second-order valence-corrected chi connectivity index (χ2v) is 4.56. The summed E-state index contributed by atoms with van der Waals surface area (Å²) in [6.45, 7) is 1.85. The maximum Gasteiger partial charge on any atom is 0.311 e. The summed E-state index contributed by atoms with van der Waals surface area (Å²) >= 11 is 3.20. The van der Waals surface area contributed by atoms with Gasteiger partial charge in [0.2, 0.25) is 0 Å². The van der Waals surface area contributed by atoms with Crippen LogP contribution in [-0.2, 0) is 4.79 Å². The summed E-state index contributed by atoms with van der Waals surface area (Å²) in [5.41, 5.74) is 0.104. The van der Waals surface area contributed by atoms with Gasteiger partial charge < -0.3 is 5.11 Å². The van der Waals surface area contributed by atoms with E-state index >= 15 is 0 Å². The number of nitro groups is 1. The van der Waals surface area contributed by atoms with Gasteiger partial charge in [0.25, 0.3) is 5.69 Å². The van der Waals surface area contributed by atoms with Crippen molar-refractivity contribution in [2.24, 2.45) is 0 Å². The van der Waals surface area contributed by atoms with Crippen LogP contribution in [0.15, 0.2) is 22.7 Å². The van der Waals surface area contributed by atoms with Crippen molar-refractivity contribution in [2.75, 3.05) is 0 Å². The maximum atomic E-state index is 11.1. The lowest BCUT2D eigenvalue weighted by Crippen LogP contribution is -2.13. The van der Waals surface area contributed by atoms with Crippen LogP contribution in [0.1, 0.15) is 31.2 Å². The first-order valence-corrected chi connectivity index (χ1v) is 5.93. The van der Waals surface area contributed by atoms with E-state index < -0.39 is 16.8 Å². The van der Waals surface area contributed by atoms with Crippen molar-refractivity contribution in [3.05, 3.63) is 38.3 Å². The lowest BCUT2D eigenvalue weighted by molar-refractivity contribution is -0.385. The zero-order valence-corrected chi connectivity index (χ0v) is 10.8. The minimum Gasteiger partial charge on any atom is -0.481 e. The Hall–Kier alpha value is -1.43. The zero-order chi connectivity index (χ0) is 13.0. The van der Waals surface area contributed by atoms with Crippen molar-refractivity contribution in [1.29, 1.82) is 0 Å². The van der Waals surface area contributed by atoms with Crippen molar-refractivity contribution in [3.63, 3.8) is 0 Å². The Morgan fingerprint density at radius 1 is 1.59 bits per heavy atom. The van der Waals surface area contributed by atoms with Crippen LogP contribution in [0.25, 0.3) is 0 Å². The fourth-order valence-corrected chi connectivity index (χ4v) is 2.05. The number of carboxylic acids is 1. The highest BCUT2D eigenvalue weighted by Gasteiger charge is 2.27. The monoisotopic (exact) mass is 301 g/mol. The van der Waals surface area contributed by atoms with Gasteiger partial charge in [0.1, 0.15) is 0 Å². The molecule has 92 valence electrons. The van der Waals surface area contributed by atoms with Crippen LogP contribution < -0.4 is 0 Å². The molecule has 0 aromatic heterocycles. The first-order valence-electron chi connectivity index (χ1n) is 5.14. The second-order valence-electron chi connectivity index (χ2n) is 3.64. The van der Waals surface area contributed by atoms with Crippen molar-refractivity contribution >= 4 is 27.6 Å². The van der Waals surface area contributed by atoms with Gasteiger partial charge >= 0.3 is 5.97 Å². The topological polar surface area (TPSA) is 80.4 Å². The molecule has 17 heavy (non-hydrogen) atoms. The molecule has 5 nitrogen and oxygen atoms in total. The Bertz CT molecular complexity index is 447. The molecule has 0 aliphatic carbocycles. The minimum absolute atomic E-state index is 0.144. The van der Waals surface area contributed by atoms with Crippen LogP contribution in [0, 0.1) is 10.1 Å². The number of rotatable bonds is 5. The SMILES string of the molecule is CCCC(C(=O)O)c1cc(Br)ccc1[N+](=O)[O-]. The highest BCUT2D eigenvalue weighted by molar-refractivity contribution is 9.10. The number of carboxylic acid groups (broad SMARTS) is 1. The Labute approximate surface area is 107 Å². The Morgan fingerprint density at radius 2 is 2.24 bits per heavy atom. The quantitative estimate of drug-likeness (QED) is 0.668. The van der Waals surface area contributed by atoms with Gasteiger partial charge in [-0.1, -0.05) is 29.3 Å². The Morgan fingerprint density at radius 3 is 2.71 bits per heavy atom. The number of nitro benzene ring substituents is 1.